The third-order valence-corrected chi connectivity index (χ3v) is 4.28. The minimum atomic E-state index is 0.412. The second-order valence-corrected chi connectivity index (χ2v) is 6.15. The van der Waals surface area contributed by atoms with Gasteiger partial charge in [0.05, 0.1) is 0 Å². The SMILES string of the molecule is NC(=S)c1ccc(Cl)cc1NCCCC1CCCC1. The molecule has 0 unspecified atom stereocenters. The average Bonchev–Trinajstić information content (AvgIpc) is 2.87. The lowest BCUT2D eigenvalue weighted by atomic mass is 10.0. The first-order valence-electron chi connectivity index (χ1n) is 7.00. The van der Waals surface area contributed by atoms with Gasteiger partial charge >= 0.3 is 0 Å². The average molecular weight is 297 g/mol. The zero-order valence-electron chi connectivity index (χ0n) is 11.1. The van der Waals surface area contributed by atoms with E-state index in [9.17, 15) is 0 Å². The van der Waals surface area contributed by atoms with Crippen molar-refractivity contribution in [3.63, 3.8) is 0 Å². The van der Waals surface area contributed by atoms with Crippen LogP contribution in [0.5, 0.6) is 0 Å². The fourth-order valence-corrected chi connectivity index (χ4v) is 3.14. The molecule has 0 spiro atoms. The molecule has 2 nitrogen and oxygen atoms in total. The fourth-order valence-electron chi connectivity index (χ4n) is 2.79. The molecule has 0 aromatic heterocycles. The highest BCUT2D eigenvalue weighted by molar-refractivity contribution is 7.80. The summed E-state index contributed by atoms with van der Waals surface area (Å²) >= 11 is 11.1. The molecule has 3 N–H and O–H groups in total. The largest absolute Gasteiger partial charge is 0.389 e. The van der Waals surface area contributed by atoms with Gasteiger partial charge in [-0.15, -0.1) is 0 Å². The van der Waals surface area contributed by atoms with E-state index in [1.807, 2.05) is 18.2 Å². The molecule has 1 fully saturated rings. The summed E-state index contributed by atoms with van der Waals surface area (Å²) in [5, 5.41) is 4.11. The first kappa shape index (κ1) is 14.6. The van der Waals surface area contributed by atoms with Gasteiger partial charge in [0.1, 0.15) is 4.99 Å². The van der Waals surface area contributed by atoms with Crippen molar-refractivity contribution in [1.29, 1.82) is 0 Å². The predicted molar refractivity (Wildman–Crippen MR) is 87.0 cm³/mol. The molecule has 1 aromatic rings. The lowest BCUT2D eigenvalue weighted by Gasteiger charge is -2.13. The molecule has 0 atom stereocenters. The van der Waals surface area contributed by atoms with E-state index in [1.165, 1.54) is 38.5 Å². The zero-order valence-corrected chi connectivity index (χ0v) is 12.7. The van der Waals surface area contributed by atoms with Crippen LogP contribution in [-0.2, 0) is 0 Å². The van der Waals surface area contributed by atoms with Gasteiger partial charge in [-0.25, -0.2) is 0 Å². The van der Waals surface area contributed by atoms with E-state index >= 15 is 0 Å². The lowest BCUT2D eigenvalue weighted by molar-refractivity contribution is 0.491. The van der Waals surface area contributed by atoms with Crippen LogP contribution in [0.1, 0.15) is 44.1 Å². The van der Waals surface area contributed by atoms with Crippen molar-refractivity contribution in [2.24, 2.45) is 11.7 Å². The van der Waals surface area contributed by atoms with Gasteiger partial charge in [0.2, 0.25) is 0 Å². The molecule has 1 aliphatic rings. The number of benzene rings is 1. The summed E-state index contributed by atoms with van der Waals surface area (Å²) in [5.74, 6) is 0.941. The third-order valence-electron chi connectivity index (χ3n) is 3.83. The van der Waals surface area contributed by atoms with Gasteiger partial charge in [0, 0.05) is 22.8 Å². The van der Waals surface area contributed by atoms with Crippen LogP contribution in [0, 0.1) is 5.92 Å². The van der Waals surface area contributed by atoms with Crippen molar-refractivity contribution >= 4 is 34.5 Å². The van der Waals surface area contributed by atoms with Gasteiger partial charge in [0.25, 0.3) is 0 Å². The van der Waals surface area contributed by atoms with Crippen LogP contribution in [0.4, 0.5) is 5.69 Å². The van der Waals surface area contributed by atoms with E-state index in [4.69, 9.17) is 29.6 Å². The number of rotatable bonds is 6. The minimum Gasteiger partial charge on any atom is -0.389 e. The number of anilines is 1. The Balaban J connectivity index is 1.84. The quantitative estimate of drug-likeness (QED) is 0.605. The van der Waals surface area contributed by atoms with Crippen LogP contribution >= 0.6 is 23.8 Å². The van der Waals surface area contributed by atoms with Gasteiger partial charge in [-0.1, -0.05) is 49.5 Å². The van der Waals surface area contributed by atoms with Crippen molar-refractivity contribution in [3.8, 4) is 0 Å². The Morgan fingerprint density at radius 1 is 1.37 bits per heavy atom. The molecule has 0 radical (unpaired) electrons. The number of halogens is 1. The molecule has 1 saturated carbocycles. The summed E-state index contributed by atoms with van der Waals surface area (Å²) < 4.78 is 0. The second kappa shape index (κ2) is 7.11. The van der Waals surface area contributed by atoms with E-state index in [1.54, 1.807) is 0 Å². The topological polar surface area (TPSA) is 38.0 Å². The summed E-state index contributed by atoms with van der Waals surface area (Å²) in [5.41, 5.74) is 7.54. The Morgan fingerprint density at radius 3 is 2.79 bits per heavy atom. The van der Waals surface area contributed by atoms with E-state index in [0.29, 0.717) is 10.0 Å². The molecule has 19 heavy (non-hydrogen) atoms. The maximum atomic E-state index is 6.01. The summed E-state index contributed by atoms with van der Waals surface area (Å²) in [6.45, 7) is 0.951. The standard InChI is InChI=1S/C15H21ClN2S/c16-12-7-8-13(15(17)19)14(10-12)18-9-3-6-11-4-1-2-5-11/h7-8,10-11,18H,1-6,9H2,(H2,17,19). The Labute approximate surface area is 125 Å². The molecule has 4 heteroatoms. The highest BCUT2D eigenvalue weighted by atomic mass is 35.5. The van der Waals surface area contributed by atoms with Crippen molar-refractivity contribution in [2.75, 3.05) is 11.9 Å². The van der Waals surface area contributed by atoms with Gasteiger partial charge in [-0.3, -0.25) is 0 Å². The fraction of sp³-hybridized carbons (Fsp3) is 0.533. The molecule has 2 rings (SSSR count). The minimum absolute atomic E-state index is 0.412. The van der Waals surface area contributed by atoms with E-state index in [-0.39, 0.29) is 0 Å². The summed E-state index contributed by atoms with van der Waals surface area (Å²) in [4.78, 5) is 0.412. The first-order valence-corrected chi connectivity index (χ1v) is 7.78. The molecule has 1 aromatic carbocycles. The highest BCUT2D eigenvalue weighted by Crippen LogP contribution is 2.28. The van der Waals surface area contributed by atoms with Gasteiger partial charge in [-0.05, 0) is 37.0 Å². The maximum Gasteiger partial charge on any atom is 0.106 e. The van der Waals surface area contributed by atoms with Gasteiger partial charge < -0.3 is 11.1 Å². The second-order valence-electron chi connectivity index (χ2n) is 5.27. The van der Waals surface area contributed by atoms with Crippen molar-refractivity contribution in [3.05, 3.63) is 28.8 Å². The summed E-state index contributed by atoms with van der Waals surface area (Å²) in [7, 11) is 0. The summed E-state index contributed by atoms with van der Waals surface area (Å²) in [6, 6.07) is 5.59. The van der Waals surface area contributed by atoms with Gasteiger partial charge in [-0.2, -0.15) is 0 Å². The molecule has 1 aliphatic carbocycles. The molecular weight excluding hydrogens is 276 g/mol. The van der Waals surface area contributed by atoms with Crippen LogP contribution < -0.4 is 11.1 Å². The van der Waals surface area contributed by atoms with Crippen LogP contribution in [0.3, 0.4) is 0 Å². The van der Waals surface area contributed by atoms with E-state index < -0.39 is 0 Å². The Morgan fingerprint density at radius 2 is 2.11 bits per heavy atom. The lowest BCUT2D eigenvalue weighted by Crippen LogP contribution is -2.14. The maximum absolute atomic E-state index is 6.01. The van der Waals surface area contributed by atoms with Crippen molar-refractivity contribution in [2.45, 2.75) is 38.5 Å². The van der Waals surface area contributed by atoms with E-state index in [0.717, 1.165) is 23.7 Å². The summed E-state index contributed by atoms with van der Waals surface area (Å²) in [6.07, 6.45) is 8.16. The van der Waals surface area contributed by atoms with Crippen LogP contribution in [-0.4, -0.2) is 11.5 Å². The molecular formula is C15H21ClN2S. The highest BCUT2D eigenvalue weighted by Gasteiger charge is 2.14. The molecule has 0 heterocycles. The molecule has 0 amide bonds. The van der Waals surface area contributed by atoms with E-state index in [2.05, 4.69) is 5.32 Å². The number of hydrogen-bond acceptors (Lipinski definition) is 2. The number of nitrogens with two attached hydrogens (primary N) is 1. The number of nitrogens with one attached hydrogen (secondary N) is 1. The van der Waals surface area contributed by atoms with Crippen LogP contribution in [0.25, 0.3) is 0 Å². The predicted octanol–water partition coefficient (Wildman–Crippen LogP) is 4.36. The number of hydrogen-bond donors (Lipinski definition) is 2. The molecule has 0 saturated heterocycles. The Hall–Kier alpha value is -0.800. The smallest absolute Gasteiger partial charge is 0.106 e. The Kier molecular flexibility index (Phi) is 5.46. The first-order chi connectivity index (χ1) is 9.16. The van der Waals surface area contributed by atoms with Crippen molar-refractivity contribution < 1.29 is 0 Å². The van der Waals surface area contributed by atoms with Crippen molar-refractivity contribution in [1.82, 2.24) is 0 Å². The third kappa shape index (κ3) is 4.36. The number of thiocarbonyl (C=S) groups is 1. The van der Waals surface area contributed by atoms with Gasteiger partial charge in [0.15, 0.2) is 0 Å². The normalized spacial score (nSPS) is 15.6. The molecule has 0 aliphatic heterocycles. The molecule has 104 valence electrons. The van der Waals surface area contributed by atoms with Crippen LogP contribution in [0.2, 0.25) is 5.02 Å². The molecule has 0 bridgehead atoms. The monoisotopic (exact) mass is 296 g/mol. The van der Waals surface area contributed by atoms with Crippen LogP contribution in [0.15, 0.2) is 18.2 Å². The zero-order chi connectivity index (χ0) is 13.7. The Bertz CT molecular complexity index is 442.